The lowest BCUT2D eigenvalue weighted by atomic mass is 10.1. The molecule has 0 saturated heterocycles. The van der Waals surface area contributed by atoms with E-state index in [1.807, 2.05) is 26.0 Å². The molecule has 0 aliphatic heterocycles. The normalized spacial score (nSPS) is 11.9. The zero-order valence-corrected chi connectivity index (χ0v) is 16.5. The lowest BCUT2D eigenvalue weighted by Gasteiger charge is -2.10. The fourth-order valence-electron chi connectivity index (χ4n) is 2.60. The maximum Gasteiger partial charge on any atom is 0.277 e. The molecule has 7 heteroatoms. The molecule has 140 valence electrons. The molecule has 1 amide bonds. The Hall–Kier alpha value is -2.80. The molecule has 0 aliphatic rings. The maximum absolute atomic E-state index is 12.4. The predicted octanol–water partition coefficient (Wildman–Crippen LogP) is 4.48. The van der Waals surface area contributed by atoms with Gasteiger partial charge in [0.1, 0.15) is 5.75 Å². The van der Waals surface area contributed by atoms with Gasteiger partial charge < -0.3 is 14.5 Å². The van der Waals surface area contributed by atoms with Crippen LogP contribution in [-0.2, 0) is 4.79 Å². The number of thioether (sulfide) groups is 1. The van der Waals surface area contributed by atoms with Crippen LogP contribution in [0.3, 0.4) is 0 Å². The highest BCUT2D eigenvalue weighted by atomic mass is 32.2. The third-order valence-corrected chi connectivity index (χ3v) is 4.81. The van der Waals surface area contributed by atoms with Crippen LogP contribution in [0.2, 0.25) is 0 Å². The first-order valence-electron chi connectivity index (χ1n) is 8.48. The minimum Gasteiger partial charge on any atom is -0.497 e. The molecule has 3 rings (SSSR count). The Morgan fingerprint density at radius 3 is 2.41 bits per heavy atom. The van der Waals surface area contributed by atoms with E-state index in [1.54, 1.807) is 38.3 Å². The molecule has 0 saturated carbocycles. The number of ether oxygens (including phenoxy) is 1. The molecule has 6 nitrogen and oxygen atoms in total. The van der Waals surface area contributed by atoms with Crippen LogP contribution in [0.25, 0.3) is 11.5 Å². The first kappa shape index (κ1) is 19.0. The number of hydrogen-bond donors (Lipinski definition) is 1. The fraction of sp³-hybridized carbons (Fsp3) is 0.250. The molecule has 0 aliphatic carbocycles. The highest BCUT2D eigenvalue weighted by Gasteiger charge is 2.19. The second-order valence-corrected chi connectivity index (χ2v) is 7.52. The average Bonchev–Trinajstić information content (AvgIpc) is 3.10. The first-order chi connectivity index (χ1) is 12.9. The number of nitrogens with zero attached hydrogens (tertiary/aromatic N) is 2. The first-order valence-corrected chi connectivity index (χ1v) is 9.36. The van der Waals surface area contributed by atoms with Gasteiger partial charge in [0.25, 0.3) is 5.22 Å². The molecule has 1 heterocycles. The van der Waals surface area contributed by atoms with E-state index in [4.69, 9.17) is 9.15 Å². The largest absolute Gasteiger partial charge is 0.497 e. The van der Waals surface area contributed by atoms with Crippen molar-refractivity contribution in [2.75, 3.05) is 12.4 Å². The van der Waals surface area contributed by atoms with Crippen molar-refractivity contribution in [3.63, 3.8) is 0 Å². The van der Waals surface area contributed by atoms with Crippen LogP contribution in [0.5, 0.6) is 5.75 Å². The van der Waals surface area contributed by atoms with Crippen LogP contribution in [0, 0.1) is 13.8 Å². The van der Waals surface area contributed by atoms with Crippen LogP contribution in [-0.4, -0.2) is 28.5 Å². The summed E-state index contributed by atoms with van der Waals surface area (Å²) in [5, 5.41) is 11.0. The van der Waals surface area contributed by atoms with Crippen LogP contribution >= 0.6 is 11.8 Å². The highest BCUT2D eigenvalue weighted by Crippen LogP contribution is 2.28. The van der Waals surface area contributed by atoms with Gasteiger partial charge >= 0.3 is 0 Å². The SMILES string of the molecule is COc1ccc(NC(=O)C(C)Sc2nnc(-c3cc(C)cc(C)c3)o2)cc1. The van der Waals surface area contributed by atoms with Crippen molar-refractivity contribution in [2.24, 2.45) is 0 Å². The molecular weight excluding hydrogens is 362 g/mol. The van der Waals surface area contributed by atoms with Crippen molar-refractivity contribution in [1.82, 2.24) is 10.2 Å². The number of aryl methyl sites for hydroxylation is 2. The number of amides is 1. The lowest BCUT2D eigenvalue weighted by Crippen LogP contribution is -2.22. The molecule has 1 N–H and O–H groups in total. The number of nitrogens with one attached hydrogen (secondary N) is 1. The number of anilines is 1. The number of hydrogen-bond acceptors (Lipinski definition) is 6. The minimum absolute atomic E-state index is 0.142. The van der Waals surface area contributed by atoms with E-state index in [0.717, 1.165) is 22.4 Å². The summed E-state index contributed by atoms with van der Waals surface area (Å²) in [5.74, 6) is 1.04. The molecule has 0 bridgehead atoms. The number of rotatable bonds is 6. The Bertz CT molecular complexity index is 918. The summed E-state index contributed by atoms with van der Waals surface area (Å²) in [7, 11) is 1.60. The van der Waals surface area contributed by atoms with Crippen molar-refractivity contribution in [2.45, 2.75) is 31.2 Å². The summed E-state index contributed by atoms with van der Waals surface area (Å²) in [4.78, 5) is 12.4. The van der Waals surface area contributed by atoms with Crippen molar-refractivity contribution in [1.29, 1.82) is 0 Å². The van der Waals surface area contributed by atoms with Crippen LogP contribution in [0.4, 0.5) is 5.69 Å². The van der Waals surface area contributed by atoms with Gasteiger partial charge in [0.05, 0.1) is 12.4 Å². The van der Waals surface area contributed by atoms with Gasteiger partial charge in [-0.05, 0) is 57.2 Å². The van der Waals surface area contributed by atoms with E-state index in [0.29, 0.717) is 16.8 Å². The third-order valence-electron chi connectivity index (χ3n) is 3.88. The summed E-state index contributed by atoms with van der Waals surface area (Å²) >= 11 is 1.23. The topological polar surface area (TPSA) is 77.2 Å². The van der Waals surface area contributed by atoms with Gasteiger partial charge in [-0.2, -0.15) is 0 Å². The second-order valence-electron chi connectivity index (χ2n) is 6.23. The molecule has 1 aromatic heterocycles. The molecule has 1 atom stereocenters. The summed E-state index contributed by atoms with van der Waals surface area (Å²) < 4.78 is 10.8. The van der Waals surface area contributed by atoms with Gasteiger partial charge in [0.2, 0.25) is 11.8 Å². The van der Waals surface area contributed by atoms with Crippen LogP contribution in [0.1, 0.15) is 18.1 Å². The number of carbonyl (C=O) groups is 1. The summed E-state index contributed by atoms with van der Waals surface area (Å²) in [6.07, 6.45) is 0. The Balaban J connectivity index is 1.64. The van der Waals surface area contributed by atoms with Gasteiger partial charge in [-0.25, -0.2) is 0 Å². The number of benzene rings is 2. The zero-order chi connectivity index (χ0) is 19.4. The van der Waals surface area contributed by atoms with E-state index in [9.17, 15) is 4.79 Å². The molecule has 2 aromatic carbocycles. The maximum atomic E-state index is 12.4. The summed E-state index contributed by atoms with van der Waals surface area (Å²) in [6, 6.07) is 13.2. The van der Waals surface area contributed by atoms with E-state index >= 15 is 0 Å². The summed E-state index contributed by atoms with van der Waals surface area (Å²) in [6.45, 7) is 5.84. The Morgan fingerprint density at radius 2 is 1.78 bits per heavy atom. The Morgan fingerprint density at radius 1 is 1.11 bits per heavy atom. The van der Waals surface area contributed by atoms with Crippen molar-refractivity contribution >= 4 is 23.4 Å². The highest BCUT2D eigenvalue weighted by molar-refractivity contribution is 8.00. The number of aromatic nitrogens is 2. The van der Waals surface area contributed by atoms with Crippen LogP contribution < -0.4 is 10.1 Å². The smallest absolute Gasteiger partial charge is 0.277 e. The van der Waals surface area contributed by atoms with Crippen molar-refractivity contribution in [3.8, 4) is 17.2 Å². The van der Waals surface area contributed by atoms with Crippen molar-refractivity contribution in [3.05, 3.63) is 53.6 Å². The Labute approximate surface area is 162 Å². The van der Waals surface area contributed by atoms with Crippen molar-refractivity contribution < 1.29 is 13.9 Å². The molecule has 1 unspecified atom stereocenters. The van der Waals surface area contributed by atoms with E-state index < -0.39 is 0 Å². The van der Waals surface area contributed by atoms with Gasteiger partial charge in [-0.3, -0.25) is 4.79 Å². The summed E-state index contributed by atoms with van der Waals surface area (Å²) in [5.41, 5.74) is 3.84. The van der Waals surface area contributed by atoms with Gasteiger partial charge in [-0.15, -0.1) is 10.2 Å². The molecule has 3 aromatic rings. The molecular formula is C20H21N3O3S. The second kappa shape index (κ2) is 8.26. The minimum atomic E-state index is -0.389. The van der Waals surface area contributed by atoms with E-state index in [1.165, 1.54) is 11.8 Å². The quantitative estimate of drug-likeness (QED) is 0.632. The number of carbonyl (C=O) groups excluding carboxylic acids is 1. The molecule has 0 spiro atoms. The van der Waals surface area contributed by atoms with Gasteiger partial charge in [0, 0.05) is 11.3 Å². The predicted molar refractivity (Wildman–Crippen MR) is 106 cm³/mol. The lowest BCUT2D eigenvalue weighted by molar-refractivity contribution is -0.115. The molecule has 27 heavy (non-hydrogen) atoms. The van der Waals surface area contributed by atoms with E-state index in [-0.39, 0.29) is 11.2 Å². The number of methoxy groups -OCH3 is 1. The standard InChI is InChI=1S/C20H21N3O3S/c1-12-9-13(2)11-15(10-12)19-22-23-20(26-19)27-14(3)18(24)21-16-5-7-17(25-4)8-6-16/h5-11,14H,1-4H3,(H,21,24). The Kier molecular flexibility index (Phi) is 5.81. The third kappa shape index (κ3) is 4.89. The van der Waals surface area contributed by atoms with Crippen LogP contribution in [0.15, 0.2) is 52.1 Å². The monoisotopic (exact) mass is 383 g/mol. The fourth-order valence-corrected chi connectivity index (χ4v) is 3.28. The molecule has 0 fully saturated rings. The van der Waals surface area contributed by atoms with Gasteiger partial charge in [0.15, 0.2) is 0 Å². The zero-order valence-electron chi connectivity index (χ0n) is 15.6. The average molecular weight is 383 g/mol. The molecule has 0 radical (unpaired) electrons. The van der Waals surface area contributed by atoms with Gasteiger partial charge in [-0.1, -0.05) is 29.0 Å². The van der Waals surface area contributed by atoms with E-state index in [2.05, 4.69) is 21.6 Å².